The normalized spacial score (nSPS) is 10.1. The molecular weight excluding hydrogens is 258 g/mol. The van der Waals surface area contributed by atoms with Gasteiger partial charge in [0.2, 0.25) is 5.91 Å². The van der Waals surface area contributed by atoms with Crippen LogP contribution >= 0.6 is 11.6 Å². The number of nitrogens with one attached hydrogen (secondary N) is 2. The number of nitro benzene ring substituents is 1. The van der Waals surface area contributed by atoms with E-state index in [1.807, 2.05) is 0 Å². The van der Waals surface area contributed by atoms with Gasteiger partial charge in [0.1, 0.15) is 5.02 Å². The van der Waals surface area contributed by atoms with Crippen LogP contribution in [0.15, 0.2) is 18.2 Å². The summed E-state index contributed by atoms with van der Waals surface area (Å²) in [6.07, 6.45) is 0.367. The Labute approximate surface area is 109 Å². The van der Waals surface area contributed by atoms with Gasteiger partial charge in [-0.25, -0.2) is 0 Å². The largest absolute Gasteiger partial charge is 0.359 e. The van der Waals surface area contributed by atoms with E-state index in [2.05, 4.69) is 10.6 Å². The van der Waals surface area contributed by atoms with Crippen molar-refractivity contribution in [3.8, 4) is 0 Å². The van der Waals surface area contributed by atoms with Crippen LogP contribution in [-0.4, -0.2) is 24.4 Å². The van der Waals surface area contributed by atoms with E-state index in [1.54, 1.807) is 13.1 Å². The zero-order valence-corrected chi connectivity index (χ0v) is 10.7. The molecule has 7 heteroatoms. The van der Waals surface area contributed by atoms with Crippen LogP contribution in [0.5, 0.6) is 0 Å². The molecule has 0 saturated heterocycles. The molecule has 0 bridgehead atoms. The summed E-state index contributed by atoms with van der Waals surface area (Å²) in [5.74, 6) is -0.0513. The van der Waals surface area contributed by atoms with Gasteiger partial charge in [-0.2, -0.15) is 0 Å². The van der Waals surface area contributed by atoms with Gasteiger partial charge >= 0.3 is 0 Å². The molecule has 0 aliphatic carbocycles. The molecule has 0 spiro atoms. The van der Waals surface area contributed by atoms with Crippen molar-refractivity contribution < 1.29 is 9.72 Å². The third kappa shape index (κ3) is 4.31. The average Bonchev–Trinajstić information content (AvgIpc) is 2.35. The van der Waals surface area contributed by atoms with Gasteiger partial charge in [-0.3, -0.25) is 14.9 Å². The Kier molecular flexibility index (Phi) is 5.54. The number of halogens is 1. The zero-order chi connectivity index (χ0) is 13.5. The molecule has 1 amide bonds. The molecule has 0 fully saturated rings. The monoisotopic (exact) mass is 271 g/mol. The molecule has 1 aromatic rings. The van der Waals surface area contributed by atoms with Gasteiger partial charge < -0.3 is 10.6 Å². The molecule has 0 unspecified atom stereocenters. The molecule has 1 rings (SSSR count). The van der Waals surface area contributed by atoms with E-state index in [-0.39, 0.29) is 16.6 Å². The number of nitrogens with zero attached hydrogens (tertiary/aromatic N) is 1. The number of hydrogen-bond acceptors (Lipinski definition) is 4. The smallest absolute Gasteiger partial charge is 0.288 e. The van der Waals surface area contributed by atoms with Gasteiger partial charge in [0.25, 0.3) is 5.69 Å². The van der Waals surface area contributed by atoms with Crippen molar-refractivity contribution in [2.24, 2.45) is 0 Å². The first-order valence-electron chi connectivity index (χ1n) is 5.38. The molecule has 0 radical (unpaired) electrons. The summed E-state index contributed by atoms with van der Waals surface area (Å²) in [5.41, 5.74) is 0.644. The van der Waals surface area contributed by atoms with Crippen LogP contribution in [0.25, 0.3) is 0 Å². The van der Waals surface area contributed by atoms with Crippen LogP contribution in [0, 0.1) is 10.1 Å². The fourth-order valence-corrected chi connectivity index (χ4v) is 1.55. The highest BCUT2D eigenvalue weighted by molar-refractivity contribution is 6.32. The maximum absolute atomic E-state index is 11.0. The molecule has 98 valence electrons. The highest BCUT2D eigenvalue weighted by Gasteiger charge is 2.12. The van der Waals surface area contributed by atoms with Gasteiger partial charge in [0.15, 0.2) is 0 Å². The number of hydrogen-bond donors (Lipinski definition) is 2. The Morgan fingerprint density at radius 1 is 1.50 bits per heavy atom. The summed E-state index contributed by atoms with van der Waals surface area (Å²) >= 11 is 5.70. The zero-order valence-electron chi connectivity index (χ0n) is 9.90. The van der Waals surface area contributed by atoms with Crippen LogP contribution in [0.1, 0.15) is 12.0 Å². The van der Waals surface area contributed by atoms with Crippen molar-refractivity contribution in [1.29, 1.82) is 0 Å². The van der Waals surface area contributed by atoms with E-state index < -0.39 is 4.92 Å². The minimum Gasteiger partial charge on any atom is -0.359 e. The highest BCUT2D eigenvalue weighted by Crippen LogP contribution is 2.24. The quantitative estimate of drug-likeness (QED) is 0.466. The Balaban J connectivity index is 2.50. The van der Waals surface area contributed by atoms with Crippen LogP contribution < -0.4 is 10.6 Å². The summed E-state index contributed by atoms with van der Waals surface area (Å²) in [6.45, 7) is 0.963. The SMILES string of the molecule is CNC(=O)CCNCc1ccc(Cl)c([N+](=O)[O-])c1. The van der Waals surface area contributed by atoms with Gasteiger partial charge in [0, 0.05) is 32.6 Å². The second-order valence-corrected chi connectivity index (χ2v) is 4.05. The van der Waals surface area contributed by atoms with Crippen molar-refractivity contribution in [2.45, 2.75) is 13.0 Å². The molecule has 0 heterocycles. The predicted octanol–water partition coefficient (Wildman–Crippen LogP) is 1.47. The molecule has 0 aromatic heterocycles. The molecule has 18 heavy (non-hydrogen) atoms. The Morgan fingerprint density at radius 3 is 2.83 bits per heavy atom. The van der Waals surface area contributed by atoms with E-state index in [0.29, 0.717) is 19.5 Å². The van der Waals surface area contributed by atoms with Crippen molar-refractivity contribution in [1.82, 2.24) is 10.6 Å². The van der Waals surface area contributed by atoms with Crippen molar-refractivity contribution in [2.75, 3.05) is 13.6 Å². The molecule has 1 aromatic carbocycles. The molecule has 0 aliphatic heterocycles. The molecule has 0 aliphatic rings. The predicted molar refractivity (Wildman–Crippen MR) is 68.5 cm³/mol. The lowest BCUT2D eigenvalue weighted by molar-refractivity contribution is -0.384. The van der Waals surface area contributed by atoms with E-state index >= 15 is 0 Å². The maximum Gasteiger partial charge on any atom is 0.288 e. The summed E-state index contributed by atoms with van der Waals surface area (Å²) in [5, 5.41) is 16.3. The number of amides is 1. The fourth-order valence-electron chi connectivity index (χ4n) is 1.37. The average molecular weight is 272 g/mol. The van der Waals surface area contributed by atoms with E-state index in [4.69, 9.17) is 11.6 Å². The number of rotatable bonds is 6. The molecule has 0 saturated carbocycles. The number of benzene rings is 1. The van der Waals surface area contributed by atoms with Crippen molar-refractivity contribution in [3.05, 3.63) is 38.9 Å². The Morgan fingerprint density at radius 2 is 2.22 bits per heavy atom. The first-order chi connectivity index (χ1) is 8.54. The number of carbonyl (C=O) groups is 1. The van der Waals surface area contributed by atoms with E-state index in [9.17, 15) is 14.9 Å². The summed E-state index contributed by atoms with van der Waals surface area (Å²) in [7, 11) is 1.57. The second kappa shape index (κ2) is 6.93. The van der Waals surface area contributed by atoms with Crippen LogP contribution in [0.4, 0.5) is 5.69 Å². The number of carbonyl (C=O) groups excluding carboxylic acids is 1. The van der Waals surface area contributed by atoms with Crippen molar-refractivity contribution in [3.63, 3.8) is 0 Å². The van der Waals surface area contributed by atoms with Crippen LogP contribution in [0.3, 0.4) is 0 Å². The Bertz CT molecular complexity index is 451. The molecule has 6 nitrogen and oxygen atoms in total. The van der Waals surface area contributed by atoms with Gasteiger partial charge in [0.05, 0.1) is 4.92 Å². The summed E-state index contributed by atoms with van der Waals surface area (Å²) < 4.78 is 0. The molecular formula is C11H14ClN3O3. The first-order valence-corrected chi connectivity index (χ1v) is 5.76. The second-order valence-electron chi connectivity index (χ2n) is 3.64. The lowest BCUT2D eigenvalue weighted by Gasteiger charge is -2.05. The molecule has 0 atom stereocenters. The topological polar surface area (TPSA) is 84.3 Å². The van der Waals surface area contributed by atoms with Gasteiger partial charge in [-0.05, 0) is 11.6 Å². The lowest BCUT2D eigenvalue weighted by atomic mass is 10.2. The summed E-state index contributed by atoms with van der Waals surface area (Å²) in [4.78, 5) is 21.1. The summed E-state index contributed by atoms with van der Waals surface area (Å²) in [6, 6.07) is 4.63. The third-order valence-electron chi connectivity index (χ3n) is 2.34. The molecule has 2 N–H and O–H groups in total. The highest BCUT2D eigenvalue weighted by atomic mass is 35.5. The van der Waals surface area contributed by atoms with Gasteiger partial charge in [-0.1, -0.05) is 17.7 Å². The maximum atomic E-state index is 11.0. The van der Waals surface area contributed by atoms with E-state index in [0.717, 1.165) is 5.56 Å². The lowest BCUT2D eigenvalue weighted by Crippen LogP contribution is -2.24. The third-order valence-corrected chi connectivity index (χ3v) is 2.66. The standard InChI is InChI=1S/C11H14ClN3O3/c1-13-11(16)4-5-14-7-8-2-3-9(12)10(6-8)15(17)18/h2-3,6,14H,4-5,7H2,1H3,(H,13,16). The minimum atomic E-state index is -0.517. The van der Waals surface area contributed by atoms with Crippen LogP contribution in [-0.2, 0) is 11.3 Å². The number of nitro groups is 1. The van der Waals surface area contributed by atoms with Crippen molar-refractivity contribution >= 4 is 23.2 Å². The van der Waals surface area contributed by atoms with Gasteiger partial charge in [-0.15, -0.1) is 0 Å². The van der Waals surface area contributed by atoms with E-state index in [1.165, 1.54) is 12.1 Å². The first kappa shape index (κ1) is 14.4. The fraction of sp³-hybridized carbons (Fsp3) is 0.364. The Hall–Kier alpha value is -1.66. The van der Waals surface area contributed by atoms with Crippen LogP contribution in [0.2, 0.25) is 5.02 Å². The minimum absolute atomic E-state index is 0.0513.